The third-order valence-corrected chi connectivity index (χ3v) is 5.20. The van der Waals surface area contributed by atoms with Gasteiger partial charge < -0.3 is 9.47 Å². The molecule has 0 radical (unpaired) electrons. The summed E-state index contributed by atoms with van der Waals surface area (Å²) in [7, 11) is -2.65. The summed E-state index contributed by atoms with van der Waals surface area (Å²) in [6.45, 7) is 1.39. The number of rotatable bonds is 6. The van der Waals surface area contributed by atoms with Gasteiger partial charge in [0.2, 0.25) is 21.7 Å². The SMILES string of the molecule is COc1cc(C(=O)NS(C)(=O)=O)c(F)cc1-c1cnc(Oc2ccc(C)c(F)c2F)c(Cl)c1. The van der Waals surface area contributed by atoms with Crippen molar-refractivity contribution in [2.75, 3.05) is 13.4 Å². The Bertz CT molecular complexity index is 1370. The van der Waals surface area contributed by atoms with Crippen LogP contribution in [0.3, 0.4) is 0 Å². The number of halogens is 4. The first kappa shape index (κ1) is 24.3. The highest BCUT2D eigenvalue weighted by molar-refractivity contribution is 7.89. The first-order valence-electron chi connectivity index (χ1n) is 9.09. The number of hydrogen-bond donors (Lipinski definition) is 1. The number of sulfonamides is 1. The fraction of sp³-hybridized carbons (Fsp3) is 0.143. The Hall–Kier alpha value is -3.31. The van der Waals surface area contributed by atoms with Crippen molar-refractivity contribution in [1.29, 1.82) is 0 Å². The highest BCUT2D eigenvalue weighted by Crippen LogP contribution is 2.37. The molecule has 0 saturated carbocycles. The number of nitrogens with one attached hydrogen (secondary N) is 1. The van der Waals surface area contributed by atoms with Gasteiger partial charge in [0.05, 0.1) is 18.9 Å². The van der Waals surface area contributed by atoms with Crippen molar-refractivity contribution in [1.82, 2.24) is 9.71 Å². The zero-order valence-electron chi connectivity index (χ0n) is 17.4. The van der Waals surface area contributed by atoms with Crippen LogP contribution in [0.4, 0.5) is 13.2 Å². The van der Waals surface area contributed by atoms with Gasteiger partial charge >= 0.3 is 0 Å². The standard InChI is InChI=1S/C21H16ClF3N2O5S/c1-10-4-5-16(19(25)18(10)24)32-21-14(22)6-11(9-26-21)12-7-15(23)13(8-17(12)31-2)20(28)27-33(3,29)30/h4-9H,1-3H3,(H,27,28). The molecule has 1 aromatic heterocycles. The maximum absolute atomic E-state index is 14.6. The fourth-order valence-corrected chi connectivity index (χ4v) is 3.46. The summed E-state index contributed by atoms with van der Waals surface area (Å²) in [6.07, 6.45) is 1.97. The van der Waals surface area contributed by atoms with E-state index < -0.39 is 44.7 Å². The van der Waals surface area contributed by atoms with E-state index in [2.05, 4.69) is 4.98 Å². The molecular weight excluding hydrogens is 485 g/mol. The number of carbonyl (C=O) groups is 1. The minimum Gasteiger partial charge on any atom is -0.496 e. The van der Waals surface area contributed by atoms with Gasteiger partial charge in [-0.15, -0.1) is 0 Å². The minimum atomic E-state index is -3.91. The first-order chi connectivity index (χ1) is 15.4. The largest absolute Gasteiger partial charge is 0.496 e. The Labute approximate surface area is 192 Å². The number of hydrogen-bond acceptors (Lipinski definition) is 6. The zero-order chi connectivity index (χ0) is 24.5. The van der Waals surface area contributed by atoms with E-state index in [1.54, 1.807) is 4.72 Å². The summed E-state index contributed by atoms with van der Waals surface area (Å²) in [4.78, 5) is 16.0. The number of aryl methyl sites for hydroxylation is 1. The quantitative estimate of drug-likeness (QED) is 0.531. The highest BCUT2D eigenvalue weighted by Gasteiger charge is 2.21. The van der Waals surface area contributed by atoms with Crippen molar-refractivity contribution in [3.8, 4) is 28.5 Å². The lowest BCUT2D eigenvalue weighted by Crippen LogP contribution is -2.30. The second kappa shape index (κ2) is 9.28. The molecule has 2 aromatic carbocycles. The van der Waals surface area contributed by atoms with E-state index >= 15 is 0 Å². The van der Waals surface area contributed by atoms with Crippen LogP contribution in [0.25, 0.3) is 11.1 Å². The number of benzene rings is 2. The van der Waals surface area contributed by atoms with E-state index in [0.717, 1.165) is 18.4 Å². The van der Waals surface area contributed by atoms with Gasteiger partial charge in [0.25, 0.3) is 5.91 Å². The Morgan fingerprint density at radius 2 is 1.79 bits per heavy atom. The molecule has 0 atom stereocenters. The third-order valence-electron chi connectivity index (χ3n) is 4.38. The first-order valence-corrected chi connectivity index (χ1v) is 11.4. The lowest BCUT2D eigenvalue weighted by Gasteiger charge is -2.13. The summed E-state index contributed by atoms with van der Waals surface area (Å²) in [5.41, 5.74) is -0.0814. The van der Waals surface area contributed by atoms with Crippen molar-refractivity contribution in [3.05, 3.63) is 70.1 Å². The number of nitrogens with zero attached hydrogens (tertiary/aromatic N) is 1. The summed E-state index contributed by atoms with van der Waals surface area (Å²) in [5.74, 6) is -5.11. The van der Waals surface area contributed by atoms with Crippen molar-refractivity contribution in [2.45, 2.75) is 6.92 Å². The van der Waals surface area contributed by atoms with Gasteiger partial charge in [-0.1, -0.05) is 17.7 Å². The molecule has 12 heteroatoms. The Balaban J connectivity index is 1.97. The van der Waals surface area contributed by atoms with E-state index in [9.17, 15) is 26.4 Å². The number of pyridine rings is 1. The molecule has 1 N–H and O–H groups in total. The smallest absolute Gasteiger partial charge is 0.267 e. The molecule has 174 valence electrons. The number of methoxy groups -OCH3 is 1. The number of amides is 1. The predicted molar refractivity (Wildman–Crippen MR) is 115 cm³/mol. The van der Waals surface area contributed by atoms with Crippen molar-refractivity contribution in [3.63, 3.8) is 0 Å². The molecule has 0 aliphatic rings. The van der Waals surface area contributed by atoms with Gasteiger partial charge in [-0.05, 0) is 36.8 Å². The molecule has 0 aliphatic carbocycles. The fourth-order valence-electron chi connectivity index (χ4n) is 2.80. The summed E-state index contributed by atoms with van der Waals surface area (Å²) < 4.78 is 77.1. The van der Waals surface area contributed by atoms with Crippen LogP contribution < -0.4 is 14.2 Å². The zero-order valence-corrected chi connectivity index (χ0v) is 18.9. The van der Waals surface area contributed by atoms with Gasteiger partial charge in [-0.3, -0.25) is 4.79 Å². The van der Waals surface area contributed by atoms with Crippen LogP contribution in [0.5, 0.6) is 17.4 Å². The predicted octanol–water partition coefficient (Wildman–Crippen LogP) is 4.62. The molecule has 0 fully saturated rings. The summed E-state index contributed by atoms with van der Waals surface area (Å²) in [6, 6.07) is 5.83. The van der Waals surface area contributed by atoms with E-state index in [1.165, 1.54) is 38.4 Å². The van der Waals surface area contributed by atoms with Crippen LogP contribution >= 0.6 is 11.6 Å². The van der Waals surface area contributed by atoms with Gasteiger partial charge in [-0.25, -0.2) is 26.9 Å². The minimum absolute atomic E-state index is 0.0215. The average molecular weight is 501 g/mol. The molecule has 0 spiro atoms. The summed E-state index contributed by atoms with van der Waals surface area (Å²) >= 11 is 6.17. The molecule has 0 saturated heterocycles. The normalized spacial score (nSPS) is 11.2. The topological polar surface area (TPSA) is 94.6 Å². The van der Waals surface area contributed by atoms with Crippen LogP contribution in [0, 0.1) is 24.4 Å². The van der Waals surface area contributed by atoms with Gasteiger partial charge in [0.15, 0.2) is 11.6 Å². The van der Waals surface area contributed by atoms with Crippen molar-refractivity contribution < 1.29 is 35.9 Å². The van der Waals surface area contributed by atoms with Crippen LogP contribution in [0.15, 0.2) is 36.5 Å². The molecule has 0 unspecified atom stereocenters. The number of aromatic nitrogens is 1. The lowest BCUT2D eigenvalue weighted by molar-refractivity contribution is 0.0977. The van der Waals surface area contributed by atoms with E-state index in [4.69, 9.17) is 21.1 Å². The Morgan fingerprint density at radius 1 is 1.09 bits per heavy atom. The van der Waals surface area contributed by atoms with Crippen molar-refractivity contribution in [2.24, 2.45) is 0 Å². The van der Waals surface area contributed by atoms with E-state index in [-0.39, 0.29) is 33.3 Å². The molecule has 7 nitrogen and oxygen atoms in total. The number of carbonyl (C=O) groups excluding carboxylic acids is 1. The van der Waals surface area contributed by atoms with Crippen molar-refractivity contribution >= 4 is 27.5 Å². The maximum atomic E-state index is 14.6. The maximum Gasteiger partial charge on any atom is 0.267 e. The van der Waals surface area contributed by atoms with E-state index in [1.807, 2.05) is 0 Å². The van der Waals surface area contributed by atoms with Crippen LogP contribution in [-0.4, -0.2) is 32.7 Å². The van der Waals surface area contributed by atoms with Crippen LogP contribution in [-0.2, 0) is 10.0 Å². The van der Waals surface area contributed by atoms with E-state index in [0.29, 0.717) is 0 Å². The molecule has 0 bridgehead atoms. The molecule has 1 amide bonds. The Kier molecular flexibility index (Phi) is 6.84. The van der Waals surface area contributed by atoms with Gasteiger partial charge in [-0.2, -0.15) is 4.39 Å². The second-order valence-electron chi connectivity index (χ2n) is 6.86. The van der Waals surface area contributed by atoms with Crippen LogP contribution in [0.1, 0.15) is 15.9 Å². The second-order valence-corrected chi connectivity index (χ2v) is 9.01. The Morgan fingerprint density at radius 3 is 2.39 bits per heavy atom. The van der Waals surface area contributed by atoms with Gasteiger partial charge in [0, 0.05) is 17.3 Å². The van der Waals surface area contributed by atoms with Crippen LogP contribution in [0.2, 0.25) is 5.02 Å². The molecule has 33 heavy (non-hydrogen) atoms. The van der Waals surface area contributed by atoms with Gasteiger partial charge in [0.1, 0.15) is 16.6 Å². The monoisotopic (exact) mass is 500 g/mol. The molecule has 3 aromatic rings. The molecule has 3 rings (SSSR count). The highest BCUT2D eigenvalue weighted by atomic mass is 35.5. The molecule has 0 aliphatic heterocycles. The summed E-state index contributed by atoms with van der Waals surface area (Å²) in [5, 5.41) is -0.103. The third kappa shape index (κ3) is 5.37. The lowest BCUT2D eigenvalue weighted by atomic mass is 10.0. The number of ether oxygens (including phenoxy) is 2. The average Bonchev–Trinajstić information content (AvgIpc) is 2.73. The molecular formula is C21H16ClF3N2O5S. The molecule has 1 heterocycles.